The summed E-state index contributed by atoms with van der Waals surface area (Å²) in [4.78, 5) is 34.8. The first-order chi connectivity index (χ1) is 13.8. The molecule has 0 aliphatic rings. The minimum Gasteiger partial charge on any atom is -0.493 e. The van der Waals surface area contributed by atoms with Gasteiger partial charge in [-0.05, 0) is 25.1 Å². The standard InChI is InChI=1S/C18H17ClN4O6/c1-11(24)17(21-20-12-5-4-6-14(9-12)23(26)27)18(25)22(19)13-7-8-15(28-2)16(10-13)29-3/h4-10,17H,1-3H3. The number of carbonyl (C=O) groups is 2. The summed E-state index contributed by atoms with van der Waals surface area (Å²) < 4.78 is 11.0. The second kappa shape index (κ2) is 9.60. The fraction of sp³-hybridized carbons (Fsp3) is 0.222. The number of nitro groups is 1. The van der Waals surface area contributed by atoms with Crippen LogP contribution < -0.4 is 13.9 Å². The molecule has 0 saturated carbocycles. The molecule has 0 spiro atoms. The normalized spacial score (nSPS) is 11.7. The lowest BCUT2D eigenvalue weighted by atomic mass is 10.2. The van der Waals surface area contributed by atoms with Crippen LogP contribution in [0.2, 0.25) is 0 Å². The fourth-order valence-corrected chi connectivity index (χ4v) is 2.48. The van der Waals surface area contributed by atoms with Crippen LogP contribution >= 0.6 is 11.8 Å². The number of ketones is 1. The van der Waals surface area contributed by atoms with Gasteiger partial charge in [-0.25, -0.2) is 4.42 Å². The van der Waals surface area contributed by atoms with Crippen LogP contribution in [0.15, 0.2) is 52.7 Å². The maximum atomic E-state index is 12.7. The zero-order valence-corrected chi connectivity index (χ0v) is 16.5. The van der Waals surface area contributed by atoms with Crippen LogP contribution in [-0.4, -0.2) is 36.9 Å². The van der Waals surface area contributed by atoms with E-state index in [9.17, 15) is 19.7 Å². The molecular formula is C18H17ClN4O6. The highest BCUT2D eigenvalue weighted by molar-refractivity contribution is 6.39. The van der Waals surface area contributed by atoms with Crippen LogP contribution in [-0.2, 0) is 9.59 Å². The number of methoxy groups -OCH3 is 2. The number of benzene rings is 2. The van der Waals surface area contributed by atoms with Crippen molar-refractivity contribution in [2.45, 2.75) is 13.0 Å². The van der Waals surface area contributed by atoms with Gasteiger partial charge >= 0.3 is 0 Å². The summed E-state index contributed by atoms with van der Waals surface area (Å²) >= 11 is 6.11. The highest BCUT2D eigenvalue weighted by atomic mass is 35.5. The van der Waals surface area contributed by atoms with Crippen molar-refractivity contribution < 1.29 is 24.0 Å². The average molecular weight is 421 g/mol. The fourth-order valence-electron chi connectivity index (χ4n) is 2.28. The van der Waals surface area contributed by atoms with Gasteiger partial charge in [0.15, 0.2) is 17.3 Å². The molecule has 0 bridgehead atoms. The molecule has 152 valence electrons. The lowest BCUT2D eigenvalue weighted by Gasteiger charge is -2.18. The summed E-state index contributed by atoms with van der Waals surface area (Å²) in [6, 6.07) is 8.28. The van der Waals surface area contributed by atoms with Gasteiger partial charge < -0.3 is 9.47 Å². The van der Waals surface area contributed by atoms with Crippen molar-refractivity contribution in [3.8, 4) is 11.5 Å². The number of nitrogens with zero attached hydrogens (tertiary/aromatic N) is 4. The van der Waals surface area contributed by atoms with Gasteiger partial charge in [0.25, 0.3) is 11.6 Å². The van der Waals surface area contributed by atoms with Crippen LogP contribution in [0.5, 0.6) is 11.5 Å². The van der Waals surface area contributed by atoms with Crippen molar-refractivity contribution in [1.82, 2.24) is 0 Å². The van der Waals surface area contributed by atoms with Gasteiger partial charge in [-0.1, -0.05) is 6.07 Å². The van der Waals surface area contributed by atoms with Crippen LogP contribution in [0.1, 0.15) is 6.92 Å². The third kappa shape index (κ3) is 5.26. The van der Waals surface area contributed by atoms with Gasteiger partial charge in [0.1, 0.15) is 0 Å². The predicted molar refractivity (Wildman–Crippen MR) is 105 cm³/mol. The molecule has 0 radical (unpaired) electrons. The van der Waals surface area contributed by atoms with Crippen molar-refractivity contribution in [2.75, 3.05) is 18.6 Å². The minimum atomic E-state index is -1.53. The molecule has 0 saturated heterocycles. The Hall–Kier alpha value is -3.53. The van der Waals surface area contributed by atoms with E-state index >= 15 is 0 Å². The topological polar surface area (TPSA) is 124 Å². The molecule has 0 fully saturated rings. The Morgan fingerprint density at radius 1 is 1.14 bits per heavy atom. The molecule has 2 aromatic rings. The van der Waals surface area contributed by atoms with Crippen molar-refractivity contribution in [3.63, 3.8) is 0 Å². The molecule has 0 aliphatic heterocycles. The molecule has 1 amide bonds. The van der Waals surface area contributed by atoms with E-state index < -0.39 is 22.7 Å². The van der Waals surface area contributed by atoms with Crippen molar-refractivity contribution in [1.29, 1.82) is 0 Å². The van der Waals surface area contributed by atoms with Crippen LogP contribution in [0.3, 0.4) is 0 Å². The molecule has 29 heavy (non-hydrogen) atoms. The van der Waals surface area contributed by atoms with E-state index in [2.05, 4.69) is 10.2 Å². The number of non-ortho nitro benzene ring substituents is 1. The van der Waals surface area contributed by atoms with Crippen LogP contribution in [0.4, 0.5) is 17.1 Å². The molecule has 10 nitrogen and oxygen atoms in total. The number of hydrogen-bond donors (Lipinski definition) is 0. The molecule has 2 rings (SSSR count). The summed E-state index contributed by atoms with van der Waals surface area (Å²) in [5.41, 5.74) is 0.146. The van der Waals surface area contributed by atoms with Crippen LogP contribution in [0.25, 0.3) is 0 Å². The first-order valence-electron chi connectivity index (χ1n) is 8.16. The first-order valence-corrected chi connectivity index (χ1v) is 8.49. The highest BCUT2D eigenvalue weighted by Crippen LogP contribution is 2.32. The molecular weight excluding hydrogens is 404 g/mol. The van der Waals surface area contributed by atoms with Gasteiger partial charge in [0.2, 0.25) is 6.04 Å². The molecule has 0 N–H and O–H groups in total. The predicted octanol–water partition coefficient (Wildman–Crippen LogP) is 3.84. The van der Waals surface area contributed by atoms with E-state index in [4.69, 9.17) is 21.3 Å². The second-order valence-corrected chi connectivity index (χ2v) is 6.00. The summed E-state index contributed by atoms with van der Waals surface area (Å²) in [6.45, 7) is 1.16. The molecule has 1 atom stereocenters. The SMILES string of the molecule is COc1ccc(N(Cl)C(=O)C(N=Nc2cccc([N+](=O)[O-])c2)C(C)=O)cc1OC. The molecule has 2 aromatic carbocycles. The Morgan fingerprint density at radius 3 is 2.41 bits per heavy atom. The number of azo groups is 1. The van der Waals surface area contributed by atoms with Crippen molar-refractivity contribution >= 4 is 40.5 Å². The number of anilines is 1. The third-order valence-electron chi connectivity index (χ3n) is 3.74. The number of ether oxygens (including phenoxy) is 2. The van der Waals surface area contributed by atoms with E-state index in [1.165, 1.54) is 44.6 Å². The Morgan fingerprint density at radius 2 is 1.83 bits per heavy atom. The maximum Gasteiger partial charge on any atom is 0.276 e. The lowest BCUT2D eigenvalue weighted by Crippen LogP contribution is -2.36. The number of carbonyl (C=O) groups excluding carboxylic acids is 2. The summed E-state index contributed by atoms with van der Waals surface area (Å²) in [5, 5.41) is 18.3. The molecule has 0 aliphatic carbocycles. The Bertz CT molecular complexity index is 965. The zero-order chi connectivity index (χ0) is 21.6. The third-order valence-corrected chi connectivity index (χ3v) is 4.10. The van der Waals surface area contributed by atoms with Gasteiger partial charge in [0.05, 0.1) is 30.5 Å². The monoisotopic (exact) mass is 420 g/mol. The first kappa shape index (κ1) is 21.8. The Labute approximate surface area is 171 Å². The quantitative estimate of drug-likeness (QED) is 0.210. The maximum absolute atomic E-state index is 12.7. The summed E-state index contributed by atoms with van der Waals surface area (Å²) in [6.07, 6.45) is 0. The van der Waals surface area contributed by atoms with E-state index in [0.717, 1.165) is 17.4 Å². The molecule has 0 heterocycles. The largest absolute Gasteiger partial charge is 0.493 e. The summed E-state index contributed by atoms with van der Waals surface area (Å²) in [5.74, 6) is -0.681. The number of nitro benzene ring substituents is 1. The average Bonchev–Trinajstić information content (AvgIpc) is 2.72. The Kier molecular flexibility index (Phi) is 7.21. The highest BCUT2D eigenvalue weighted by Gasteiger charge is 2.29. The van der Waals surface area contributed by atoms with Gasteiger partial charge in [0, 0.05) is 30.0 Å². The zero-order valence-electron chi connectivity index (χ0n) is 15.7. The Balaban J connectivity index is 2.28. The van der Waals surface area contributed by atoms with E-state index in [-0.39, 0.29) is 17.1 Å². The van der Waals surface area contributed by atoms with E-state index in [0.29, 0.717) is 11.5 Å². The van der Waals surface area contributed by atoms with Gasteiger partial charge in [-0.15, -0.1) is 0 Å². The number of amides is 1. The number of halogens is 1. The van der Waals surface area contributed by atoms with Gasteiger partial charge in [-0.2, -0.15) is 10.2 Å². The lowest BCUT2D eigenvalue weighted by molar-refractivity contribution is -0.384. The van der Waals surface area contributed by atoms with E-state index in [1.54, 1.807) is 6.07 Å². The van der Waals surface area contributed by atoms with Crippen LogP contribution in [0, 0.1) is 10.1 Å². The number of rotatable bonds is 8. The van der Waals surface area contributed by atoms with Gasteiger partial charge in [-0.3, -0.25) is 19.7 Å². The van der Waals surface area contributed by atoms with E-state index in [1.807, 2.05) is 0 Å². The van der Waals surface area contributed by atoms with Crippen molar-refractivity contribution in [3.05, 3.63) is 52.6 Å². The van der Waals surface area contributed by atoms with Crippen molar-refractivity contribution in [2.24, 2.45) is 10.2 Å². The smallest absolute Gasteiger partial charge is 0.276 e. The minimum absolute atomic E-state index is 0.116. The second-order valence-electron chi connectivity index (χ2n) is 5.66. The number of Topliss-reactive ketones (excluding diaryl/α,β-unsaturated/α-hetero) is 1. The summed E-state index contributed by atoms with van der Waals surface area (Å²) in [7, 11) is 2.88. The molecule has 0 aromatic heterocycles. The molecule has 11 heteroatoms. The number of hydrogen-bond acceptors (Lipinski definition) is 8. The molecule has 1 unspecified atom stereocenters.